The Bertz CT molecular complexity index is 817. The molecule has 142 valence electrons. The summed E-state index contributed by atoms with van der Waals surface area (Å²) in [7, 11) is 0. The van der Waals surface area contributed by atoms with Gasteiger partial charge in [-0.1, -0.05) is 54.1 Å². The van der Waals surface area contributed by atoms with Crippen LogP contribution in [-0.4, -0.2) is 30.6 Å². The van der Waals surface area contributed by atoms with Crippen LogP contribution in [0.1, 0.15) is 43.4 Å². The Morgan fingerprint density at radius 2 is 1.74 bits per heavy atom. The highest BCUT2D eigenvalue weighted by Crippen LogP contribution is 2.39. The first kappa shape index (κ1) is 18.7. The molecule has 1 saturated heterocycles. The summed E-state index contributed by atoms with van der Waals surface area (Å²) >= 11 is 6.11. The molecule has 1 aliphatic heterocycles. The first-order chi connectivity index (χ1) is 13.1. The fourth-order valence-electron chi connectivity index (χ4n) is 4.50. The van der Waals surface area contributed by atoms with Gasteiger partial charge in [0.1, 0.15) is 0 Å². The second-order valence-electron chi connectivity index (χ2n) is 8.03. The van der Waals surface area contributed by atoms with Gasteiger partial charge in [0.05, 0.1) is 11.7 Å². The van der Waals surface area contributed by atoms with E-state index < -0.39 is 0 Å². The molecule has 0 saturated carbocycles. The largest absolute Gasteiger partial charge is 0.368 e. The predicted molar refractivity (Wildman–Crippen MR) is 113 cm³/mol. The zero-order valence-corrected chi connectivity index (χ0v) is 17.0. The molecule has 2 aliphatic rings. The zero-order chi connectivity index (χ0) is 18.9. The Morgan fingerprint density at radius 3 is 2.44 bits per heavy atom. The molecule has 1 heterocycles. The topological polar surface area (TPSA) is 12.5 Å². The number of hydrogen-bond donors (Lipinski definition) is 0. The van der Waals surface area contributed by atoms with Crippen LogP contribution in [0.25, 0.3) is 5.57 Å². The lowest BCUT2D eigenvalue weighted by Gasteiger charge is -2.43. The minimum atomic E-state index is -0.197. The Kier molecular flexibility index (Phi) is 5.41. The Morgan fingerprint density at radius 1 is 1.04 bits per heavy atom. The van der Waals surface area contributed by atoms with E-state index in [0.717, 1.165) is 43.9 Å². The molecule has 0 aromatic heterocycles. The Hall–Kier alpha value is -1.61. The molecule has 0 amide bonds. The molecule has 0 unspecified atom stereocenters. The molecule has 27 heavy (non-hydrogen) atoms. The van der Waals surface area contributed by atoms with Crippen molar-refractivity contribution in [2.24, 2.45) is 0 Å². The van der Waals surface area contributed by atoms with Gasteiger partial charge in [0.2, 0.25) is 0 Å². The van der Waals surface area contributed by atoms with Crippen LogP contribution in [0.15, 0.2) is 54.6 Å². The molecule has 2 nitrogen and oxygen atoms in total. The average Bonchev–Trinajstić information content (AvgIpc) is 3.07. The van der Waals surface area contributed by atoms with Crippen molar-refractivity contribution in [3.8, 4) is 0 Å². The second-order valence-corrected chi connectivity index (χ2v) is 8.47. The molecule has 2 aromatic rings. The van der Waals surface area contributed by atoms with Gasteiger partial charge in [-0.25, -0.2) is 0 Å². The van der Waals surface area contributed by atoms with Crippen LogP contribution >= 0.6 is 11.6 Å². The van der Waals surface area contributed by atoms with Crippen molar-refractivity contribution in [3.63, 3.8) is 0 Å². The maximum absolute atomic E-state index is 6.49. The van der Waals surface area contributed by atoms with Crippen LogP contribution in [0.5, 0.6) is 0 Å². The molecule has 0 spiro atoms. The summed E-state index contributed by atoms with van der Waals surface area (Å²) < 4.78 is 6.49. The number of allylic oxidation sites excluding steroid dienone is 1. The molecule has 0 radical (unpaired) electrons. The van der Waals surface area contributed by atoms with Crippen molar-refractivity contribution >= 4 is 17.2 Å². The molecule has 0 atom stereocenters. The van der Waals surface area contributed by atoms with Crippen LogP contribution in [0.3, 0.4) is 0 Å². The lowest BCUT2D eigenvalue weighted by atomic mass is 9.83. The highest BCUT2D eigenvalue weighted by atomic mass is 35.5. The van der Waals surface area contributed by atoms with E-state index in [9.17, 15) is 0 Å². The molecular weight excluding hydrogens is 354 g/mol. The summed E-state index contributed by atoms with van der Waals surface area (Å²) in [5.74, 6) is 0. The SMILES string of the molecule is CC(C)OC1(c2ccc(Cl)cc2)CCN(CC2=CCc3ccccc32)CC1. The van der Waals surface area contributed by atoms with Gasteiger partial charge in [0.25, 0.3) is 0 Å². The van der Waals surface area contributed by atoms with Crippen LogP contribution in [0, 0.1) is 0 Å². The van der Waals surface area contributed by atoms with Crippen LogP contribution in [0.4, 0.5) is 0 Å². The van der Waals surface area contributed by atoms with Gasteiger partial charge in [0.15, 0.2) is 0 Å². The quantitative estimate of drug-likeness (QED) is 0.659. The second kappa shape index (κ2) is 7.79. The monoisotopic (exact) mass is 381 g/mol. The number of piperidine rings is 1. The summed E-state index contributed by atoms with van der Waals surface area (Å²) in [5, 5.41) is 0.780. The third-order valence-electron chi connectivity index (χ3n) is 5.82. The molecule has 3 heteroatoms. The van der Waals surface area contributed by atoms with E-state index in [1.54, 1.807) is 0 Å². The van der Waals surface area contributed by atoms with Crippen molar-refractivity contribution < 1.29 is 4.74 Å². The van der Waals surface area contributed by atoms with E-state index in [4.69, 9.17) is 16.3 Å². The number of nitrogens with zero attached hydrogens (tertiary/aromatic N) is 1. The number of likely N-dealkylation sites (tertiary alicyclic amines) is 1. The highest BCUT2D eigenvalue weighted by Gasteiger charge is 2.38. The average molecular weight is 382 g/mol. The number of rotatable bonds is 5. The molecular formula is C24H28ClNO. The maximum atomic E-state index is 6.49. The van der Waals surface area contributed by atoms with Gasteiger partial charge >= 0.3 is 0 Å². The minimum Gasteiger partial charge on any atom is -0.368 e. The van der Waals surface area contributed by atoms with Crippen molar-refractivity contribution in [3.05, 3.63) is 76.3 Å². The van der Waals surface area contributed by atoms with Gasteiger partial charge in [-0.05, 0) is 67.5 Å². The van der Waals surface area contributed by atoms with Gasteiger partial charge in [0, 0.05) is 24.7 Å². The number of fused-ring (bicyclic) bond motifs is 1. The first-order valence-electron chi connectivity index (χ1n) is 9.99. The summed E-state index contributed by atoms with van der Waals surface area (Å²) in [5.41, 5.74) is 5.44. The Labute approximate surface area is 167 Å². The van der Waals surface area contributed by atoms with Crippen LogP contribution in [0.2, 0.25) is 5.02 Å². The molecule has 1 aliphatic carbocycles. The number of halogens is 1. The van der Waals surface area contributed by atoms with Gasteiger partial charge in [-0.3, -0.25) is 4.90 Å². The molecule has 1 fully saturated rings. The summed E-state index contributed by atoms with van der Waals surface area (Å²) in [4.78, 5) is 2.58. The van der Waals surface area contributed by atoms with Crippen molar-refractivity contribution in [2.75, 3.05) is 19.6 Å². The van der Waals surface area contributed by atoms with Crippen LogP contribution < -0.4 is 0 Å². The normalized spacial score (nSPS) is 19.2. The fraction of sp³-hybridized carbons (Fsp3) is 0.417. The fourth-order valence-corrected chi connectivity index (χ4v) is 4.62. The summed E-state index contributed by atoms with van der Waals surface area (Å²) in [6.07, 6.45) is 5.71. The Balaban J connectivity index is 1.46. The van der Waals surface area contributed by atoms with E-state index in [1.807, 2.05) is 12.1 Å². The first-order valence-corrected chi connectivity index (χ1v) is 10.4. The third kappa shape index (κ3) is 3.99. The molecule has 2 aromatic carbocycles. The molecule has 4 rings (SSSR count). The highest BCUT2D eigenvalue weighted by molar-refractivity contribution is 6.30. The third-order valence-corrected chi connectivity index (χ3v) is 6.07. The number of benzene rings is 2. The summed E-state index contributed by atoms with van der Waals surface area (Å²) in [6, 6.07) is 17.0. The summed E-state index contributed by atoms with van der Waals surface area (Å²) in [6.45, 7) is 7.40. The maximum Gasteiger partial charge on any atom is 0.0959 e. The standard InChI is InChI=1S/C24H28ClNO/c1-18(2)27-24(21-9-11-22(25)12-10-21)13-15-26(16-14-24)17-20-8-7-19-5-3-4-6-23(19)20/h3-6,8-12,18H,7,13-17H2,1-2H3. The van der Waals surface area contributed by atoms with Crippen molar-refractivity contribution in [1.29, 1.82) is 0 Å². The number of hydrogen-bond acceptors (Lipinski definition) is 2. The van der Waals surface area contributed by atoms with Crippen LogP contribution in [-0.2, 0) is 16.8 Å². The number of ether oxygens (including phenoxy) is 1. The van der Waals surface area contributed by atoms with Gasteiger partial charge in [-0.15, -0.1) is 0 Å². The molecule has 0 bridgehead atoms. The van der Waals surface area contributed by atoms with Crippen molar-refractivity contribution in [1.82, 2.24) is 4.90 Å². The smallest absolute Gasteiger partial charge is 0.0959 e. The predicted octanol–water partition coefficient (Wildman–Crippen LogP) is 5.70. The molecule has 0 N–H and O–H groups in total. The lowest BCUT2D eigenvalue weighted by molar-refractivity contribution is -0.117. The van der Waals surface area contributed by atoms with E-state index in [0.29, 0.717) is 0 Å². The van der Waals surface area contributed by atoms with Crippen molar-refractivity contribution in [2.45, 2.75) is 44.8 Å². The lowest BCUT2D eigenvalue weighted by Crippen LogP contribution is -2.45. The van der Waals surface area contributed by atoms with Gasteiger partial charge < -0.3 is 4.74 Å². The van der Waals surface area contributed by atoms with E-state index in [1.165, 1.54) is 22.3 Å². The van der Waals surface area contributed by atoms with Gasteiger partial charge in [-0.2, -0.15) is 0 Å². The zero-order valence-electron chi connectivity index (χ0n) is 16.2. The van der Waals surface area contributed by atoms with E-state index in [-0.39, 0.29) is 11.7 Å². The van der Waals surface area contributed by atoms with E-state index in [2.05, 4.69) is 61.2 Å². The minimum absolute atomic E-state index is 0.197. The van der Waals surface area contributed by atoms with E-state index >= 15 is 0 Å².